The van der Waals surface area contributed by atoms with Crippen LogP contribution in [0.5, 0.6) is 0 Å². The van der Waals surface area contributed by atoms with E-state index in [0.29, 0.717) is 17.1 Å². The van der Waals surface area contributed by atoms with Gasteiger partial charge in [-0.25, -0.2) is 0 Å². The van der Waals surface area contributed by atoms with Crippen molar-refractivity contribution < 1.29 is 4.79 Å². The van der Waals surface area contributed by atoms with Crippen molar-refractivity contribution in [2.45, 2.75) is 19.8 Å². The Kier molecular flexibility index (Phi) is 5.58. The Morgan fingerprint density at radius 1 is 1.29 bits per heavy atom. The second-order valence-corrected chi connectivity index (χ2v) is 5.08. The van der Waals surface area contributed by atoms with E-state index in [9.17, 15) is 4.79 Å². The summed E-state index contributed by atoms with van der Waals surface area (Å²) >= 11 is 6.10. The average molecular weight is 304 g/mol. The van der Waals surface area contributed by atoms with Crippen LogP contribution in [0.15, 0.2) is 42.7 Å². The van der Waals surface area contributed by atoms with Gasteiger partial charge in [0, 0.05) is 12.7 Å². The van der Waals surface area contributed by atoms with Crippen LogP contribution in [-0.2, 0) is 0 Å². The van der Waals surface area contributed by atoms with Crippen LogP contribution in [0.4, 0.5) is 11.4 Å². The van der Waals surface area contributed by atoms with Gasteiger partial charge in [0.1, 0.15) is 0 Å². The number of carbonyl (C=O) groups excluding carboxylic acids is 1. The van der Waals surface area contributed by atoms with E-state index in [1.807, 2.05) is 18.2 Å². The fraction of sp³-hybridized carbons (Fsp3) is 0.250. The summed E-state index contributed by atoms with van der Waals surface area (Å²) in [5.74, 6) is -0.112. The van der Waals surface area contributed by atoms with Crippen LogP contribution in [0.3, 0.4) is 0 Å². The quantitative estimate of drug-likeness (QED) is 0.793. The van der Waals surface area contributed by atoms with Crippen LogP contribution in [-0.4, -0.2) is 17.4 Å². The molecule has 1 aromatic heterocycles. The van der Waals surface area contributed by atoms with Crippen molar-refractivity contribution >= 4 is 28.9 Å². The highest BCUT2D eigenvalue weighted by molar-refractivity contribution is 6.33. The van der Waals surface area contributed by atoms with Gasteiger partial charge < -0.3 is 10.6 Å². The molecule has 0 fully saturated rings. The summed E-state index contributed by atoms with van der Waals surface area (Å²) in [6.07, 6.45) is 5.23. The van der Waals surface area contributed by atoms with E-state index in [4.69, 9.17) is 11.6 Å². The maximum atomic E-state index is 12.0. The minimum atomic E-state index is -0.112. The summed E-state index contributed by atoms with van der Waals surface area (Å²) in [4.78, 5) is 16.1. The number of halogens is 1. The van der Waals surface area contributed by atoms with Crippen molar-refractivity contribution in [1.29, 1.82) is 0 Å². The van der Waals surface area contributed by atoms with Gasteiger partial charge in [0.25, 0.3) is 5.91 Å². The van der Waals surface area contributed by atoms with E-state index in [0.717, 1.165) is 24.2 Å². The van der Waals surface area contributed by atoms with Crippen LogP contribution in [0.2, 0.25) is 5.02 Å². The monoisotopic (exact) mass is 303 g/mol. The predicted molar refractivity (Wildman–Crippen MR) is 86.2 cm³/mol. The zero-order valence-electron chi connectivity index (χ0n) is 11.9. The van der Waals surface area contributed by atoms with Crippen LogP contribution < -0.4 is 10.6 Å². The first-order valence-corrected chi connectivity index (χ1v) is 7.33. The molecule has 1 heterocycles. The molecule has 5 heteroatoms. The van der Waals surface area contributed by atoms with Crippen molar-refractivity contribution in [3.63, 3.8) is 0 Å². The Bertz CT molecular complexity index is 616. The minimum absolute atomic E-state index is 0.112. The van der Waals surface area contributed by atoms with Crippen LogP contribution >= 0.6 is 11.6 Å². The average Bonchev–Trinajstić information content (AvgIpc) is 2.50. The highest BCUT2D eigenvalue weighted by atomic mass is 35.5. The van der Waals surface area contributed by atoms with Crippen molar-refractivity contribution in [2.75, 3.05) is 11.9 Å². The Morgan fingerprint density at radius 2 is 2.10 bits per heavy atom. The number of aromatic nitrogens is 1. The van der Waals surface area contributed by atoms with E-state index in [1.54, 1.807) is 24.5 Å². The lowest BCUT2D eigenvalue weighted by Gasteiger charge is -2.09. The number of anilines is 2. The standard InChI is InChI=1S/C16H18ClN3O/c1-2-3-8-19-16(21)12-9-13(11-18-10-12)20-15-7-5-4-6-14(15)17/h4-7,9-11,20H,2-3,8H2,1H3,(H,19,21). The molecule has 2 rings (SSSR count). The zero-order valence-corrected chi connectivity index (χ0v) is 12.7. The predicted octanol–water partition coefficient (Wildman–Crippen LogP) is 4.01. The number of carbonyl (C=O) groups is 1. The smallest absolute Gasteiger partial charge is 0.252 e. The molecule has 0 aliphatic rings. The molecule has 2 N–H and O–H groups in total. The third-order valence-electron chi connectivity index (χ3n) is 2.97. The first kappa shape index (κ1) is 15.3. The molecule has 0 bridgehead atoms. The molecule has 0 spiro atoms. The normalized spacial score (nSPS) is 10.2. The molecule has 0 saturated carbocycles. The van der Waals surface area contributed by atoms with E-state index in [2.05, 4.69) is 22.5 Å². The third-order valence-corrected chi connectivity index (χ3v) is 3.30. The SMILES string of the molecule is CCCCNC(=O)c1cncc(Nc2ccccc2Cl)c1. The van der Waals surface area contributed by atoms with Crippen molar-refractivity contribution in [2.24, 2.45) is 0 Å². The molecule has 0 aliphatic heterocycles. The van der Waals surface area contributed by atoms with Gasteiger partial charge >= 0.3 is 0 Å². The number of nitrogens with one attached hydrogen (secondary N) is 2. The summed E-state index contributed by atoms with van der Waals surface area (Å²) < 4.78 is 0. The van der Waals surface area contributed by atoms with Gasteiger partial charge in [0.15, 0.2) is 0 Å². The van der Waals surface area contributed by atoms with Crippen LogP contribution in [0.25, 0.3) is 0 Å². The molecule has 21 heavy (non-hydrogen) atoms. The van der Waals surface area contributed by atoms with Crippen molar-refractivity contribution in [3.8, 4) is 0 Å². The van der Waals surface area contributed by atoms with Gasteiger partial charge in [-0.3, -0.25) is 9.78 Å². The molecule has 1 amide bonds. The summed E-state index contributed by atoms with van der Waals surface area (Å²) in [5.41, 5.74) is 2.04. The van der Waals surface area contributed by atoms with Gasteiger partial charge in [0.2, 0.25) is 0 Å². The molecule has 2 aromatic rings. The molecule has 0 aliphatic carbocycles. The van der Waals surface area contributed by atoms with E-state index in [-0.39, 0.29) is 5.91 Å². The molecule has 110 valence electrons. The summed E-state index contributed by atoms with van der Waals surface area (Å²) in [7, 11) is 0. The third kappa shape index (κ3) is 4.46. The van der Waals surface area contributed by atoms with Crippen LogP contribution in [0.1, 0.15) is 30.1 Å². The Labute approximate surface area is 129 Å². The fourth-order valence-electron chi connectivity index (χ4n) is 1.83. The molecule has 0 radical (unpaired) electrons. The van der Waals surface area contributed by atoms with Gasteiger partial charge in [0.05, 0.1) is 28.2 Å². The molecule has 1 aromatic carbocycles. The summed E-state index contributed by atoms with van der Waals surface area (Å²) in [6.45, 7) is 2.76. The lowest BCUT2D eigenvalue weighted by atomic mass is 10.2. The zero-order chi connectivity index (χ0) is 15.1. The largest absolute Gasteiger partial charge is 0.353 e. The van der Waals surface area contributed by atoms with Crippen molar-refractivity contribution in [1.82, 2.24) is 10.3 Å². The second kappa shape index (κ2) is 7.64. The lowest BCUT2D eigenvalue weighted by molar-refractivity contribution is 0.0953. The Balaban J connectivity index is 2.07. The minimum Gasteiger partial charge on any atom is -0.353 e. The summed E-state index contributed by atoms with van der Waals surface area (Å²) in [6, 6.07) is 9.19. The molecular weight excluding hydrogens is 286 g/mol. The van der Waals surface area contributed by atoms with Gasteiger partial charge in [-0.15, -0.1) is 0 Å². The number of para-hydroxylation sites is 1. The molecule has 0 atom stereocenters. The van der Waals surface area contributed by atoms with Gasteiger partial charge in [-0.2, -0.15) is 0 Å². The van der Waals surface area contributed by atoms with Crippen LogP contribution in [0, 0.1) is 0 Å². The second-order valence-electron chi connectivity index (χ2n) is 4.68. The highest BCUT2D eigenvalue weighted by Crippen LogP contribution is 2.24. The number of benzene rings is 1. The topological polar surface area (TPSA) is 54.0 Å². The number of rotatable bonds is 6. The molecule has 0 unspecified atom stereocenters. The van der Waals surface area contributed by atoms with E-state index < -0.39 is 0 Å². The summed E-state index contributed by atoms with van der Waals surface area (Å²) in [5, 5.41) is 6.65. The number of nitrogens with zero attached hydrogens (tertiary/aromatic N) is 1. The van der Waals surface area contributed by atoms with Crippen molar-refractivity contribution in [3.05, 3.63) is 53.3 Å². The number of amides is 1. The maximum absolute atomic E-state index is 12.0. The van der Waals surface area contributed by atoms with E-state index >= 15 is 0 Å². The lowest BCUT2D eigenvalue weighted by Crippen LogP contribution is -2.24. The highest BCUT2D eigenvalue weighted by Gasteiger charge is 2.07. The Morgan fingerprint density at radius 3 is 2.86 bits per heavy atom. The Hall–Kier alpha value is -2.07. The number of hydrogen-bond donors (Lipinski definition) is 2. The fourth-order valence-corrected chi connectivity index (χ4v) is 2.01. The number of unbranched alkanes of at least 4 members (excludes halogenated alkanes) is 1. The molecule has 4 nitrogen and oxygen atoms in total. The van der Waals surface area contributed by atoms with Gasteiger partial charge in [-0.05, 0) is 24.6 Å². The molecular formula is C16H18ClN3O. The van der Waals surface area contributed by atoms with Gasteiger partial charge in [-0.1, -0.05) is 37.1 Å². The number of pyridine rings is 1. The molecule has 0 saturated heterocycles. The van der Waals surface area contributed by atoms with E-state index in [1.165, 1.54) is 0 Å². The number of hydrogen-bond acceptors (Lipinski definition) is 3. The first-order valence-electron chi connectivity index (χ1n) is 6.95. The first-order chi connectivity index (χ1) is 10.2. The maximum Gasteiger partial charge on any atom is 0.252 e.